The van der Waals surface area contributed by atoms with E-state index in [0.29, 0.717) is 11.8 Å². The van der Waals surface area contributed by atoms with E-state index in [1.807, 2.05) is 25.1 Å². The fourth-order valence-electron chi connectivity index (χ4n) is 3.36. The number of methoxy groups -OCH3 is 1. The molecule has 7 nitrogen and oxygen atoms in total. The van der Waals surface area contributed by atoms with Gasteiger partial charge in [0.05, 0.1) is 7.11 Å². The highest BCUT2D eigenvalue weighted by atomic mass is 16.5. The Hall–Kier alpha value is -3.09. The molecular weight excluding hydrogens is 366 g/mol. The number of anilines is 2. The van der Waals surface area contributed by atoms with Crippen LogP contribution in [-0.4, -0.2) is 41.1 Å². The van der Waals surface area contributed by atoms with Gasteiger partial charge in [0.1, 0.15) is 5.69 Å². The highest BCUT2D eigenvalue weighted by molar-refractivity contribution is 6.04. The van der Waals surface area contributed by atoms with Crippen LogP contribution in [0.25, 0.3) is 10.9 Å². The second kappa shape index (κ2) is 8.94. The lowest BCUT2D eigenvalue weighted by atomic mass is 10.1. The van der Waals surface area contributed by atoms with Gasteiger partial charge in [0.2, 0.25) is 11.8 Å². The summed E-state index contributed by atoms with van der Waals surface area (Å²) in [4.78, 5) is 27.3. The van der Waals surface area contributed by atoms with Gasteiger partial charge in [-0.2, -0.15) is 4.98 Å². The Morgan fingerprint density at radius 3 is 2.52 bits per heavy atom. The van der Waals surface area contributed by atoms with E-state index in [1.165, 1.54) is 5.56 Å². The quantitative estimate of drug-likeness (QED) is 0.588. The number of nitrogens with one attached hydrogen (secondary N) is 2. The Labute approximate surface area is 171 Å². The number of carbonyl (C=O) groups is 1. The molecule has 0 bridgehead atoms. The van der Waals surface area contributed by atoms with Gasteiger partial charge in [0, 0.05) is 41.4 Å². The van der Waals surface area contributed by atoms with E-state index in [0.717, 1.165) is 48.2 Å². The average molecular weight is 396 g/mol. The van der Waals surface area contributed by atoms with Crippen molar-refractivity contribution in [2.75, 3.05) is 30.4 Å². The fourth-order valence-corrected chi connectivity index (χ4v) is 3.36. The number of fused-ring (bicyclic) bond motifs is 1. The molecule has 0 fully saturated rings. The summed E-state index contributed by atoms with van der Waals surface area (Å²) in [5, 5.41) is 4.05. The van der Waals surface area contributed by atoms with E-state index in [-0.39, 0.29) is 11.6 Å². The van der Waals surface area contributed by atoms with Crippen LogP contribution in [0, 0.1) is 13.8 Å². The number of ether oxygens (including phenoxy) is 1. The number of hydrogen-bond donors (Lipinski definition) is 2. The van der Waals surface area contributed by atoms with Gasteiger partial charge in [-0.3, -0.25) is 4.79 Å². The summed E-state index contributed by atoms with van der Waals surface area (Å²) in [6.07, 6.45) is 1.94. The van der Waals surface area contributed by atoms with Crippen molar-refractivity contribution in [3.05, 3.63) is 41.2 Å². The van der Waals surface area contributed by atoms with E-state index in [9.17, 15) is 4.79 Å². The molecule has 2 aromatic heterocycles. The van der Waals surface area contributed by atoms with Gasteiger partial charge in [-0.1, -0.05) is 13.8 Å². The first-order valence-electron chi connectivity index (χ1n) is 10.0. The number of benzene rings is 1. The molecule has 1 amide bonds. The second-order valence-electron chi connectivity index (χ2n) is 7.17. The van der Waals surface area contributed by atoms with Gasteiger partial charge in [0.15, 0.2) is 0 Å². The number of H-pyrrole nitrogens is 1. The Kier molecular flexibility index (Phi) is 6.36. The van der Waals surface area contributed by atoms with Crippen LogP contribution in [0.15, 0.2) is 24.3 Å². The predicted molar refractivity (Wildman–Crippen MR) is 117 cm³/mol. The van der Waals surface area contributed by atoms with Crippen LogP contribution in [0.5, 0.6) is 5.88 Å². The number of aryl methyl sites for hydroxylation is 2. The van der Waals surface area contributed by atoms with Crippen molar-refractivity contribution in [1.29, 1.82) is 0 Å². The largest absolute Gasteiger partial charge is 0.481 e. The zero-order chi connectivity index (χ0) is 21.0. The van der Waals surface area contributed by atoms with Crippen molar-refractivity contribution in [2.24, 2.45) is 0 Å². The molecule has 2 heterocycles. The standard InChI is InChI=1S/C22H29N5O2/c1-6-10-27(11-7-2)22-25-19(13-20(26-22)29-5)21(28)24-16-8-9-18-17(12-16)14(3)15(4)23-18/h8-9,12-13,23H,6-7,10-11H2,1-5H3,(H,24,28). The summed E-state index contributed by atoms with van der Waals surface area (Å²) >= 11 is 0. The van der Waals surface area contributed by atoms with Gasteiger partial charge in [-0.05, 0) is 50.5 Å². The van der Waals surface area contributed by atoms with Crippen LogP contribution in [0.4, 0.5) is 11.6 Å². The number of aromatic amines is 1. The van der Waals surface area contributed by atoms with Crippen LogP contribution in [0.3, 0.4) is 0 Å². The van der Waals surface area contributed by atoms with Crippen LogP contribution in [0.1, 0.15) is 48.4 Å². The van der Waals surface area contributed by atoms with E-state index >= 15 is 0 Å². The van der Waals surface area contributed by atoms with Crippen molar-refractivity contribution in [2.45, 2.75) is 40.5 Å². The van der Waals surface area contributed by atoms with Gasteiger partial charge in [-0.25, -0.2) is 4.98 Å². The lowest BCUT2D eigenvalue weighted by Gasteiger charge is -2.22. The third-order valence-corrected chi connectivity index (χ3v) is 4.97. The minimum absolute atomic E-state index is 0.283. The number of hydrogen-bond acceptors (Lipinski definition) is 5. The van der Waals surface area contributed by atoms with Crippen molar-refractivity contribution in [3.8, 4) is 5.88 Å². The first-order chi connectivity index (χ1) is 14.0. The molecule has 3 rings (SSSR count). The summed E-state index contributed by atoms with van der Waals surface area (Å²) in [6.45, 7) is 9.97. The monoisotopic (exact) mass is 395 g/mol. The minimum Gasteiger partial charge on any atom is -0.481 e. The number of nitrogens with zero attached hydrogens (tertiary/aromatic N) is 3. The molecule has 0 radical (unpaired) electrons. The lowest BCUT2D eigenvalue weighted by Crippen LogP contribution is -2.28. The van der Waals surface area contributed by atoms with E-state index in [4.69, 9.17) is 4.74 Å². The Balaban J connectivity index is 1.90. The smallest absolute Gasteiger partial charge is 0.274 e. The topological polar surface area (TPSA) is 83.1 Å². The van der Waals surface area contributed by atoms with Crippen molar-refractivity contribution < 1.29 is 9.53 Å². The molecule has 29 heavy (non-hydrogen) atoms. The van der Waals surface area contributed by atoms with Crippen LogP contribution >= 0.6 is 0 Å². The molecule has 0 saturated carbocycles. The molecule has 0 aliphatic carbocycles. The SMILES string of the molecule is CCCN(CCC)c1nc(OC)cc(C(=O)Nc2ccc3[nH]c(C)c(C)c3c2)n1. The molecule has 0 saturated heterocycles. The van der Waals surface area contributed by atoms with Crippen molar-refractivity contribution in [3.63, 3.8) is 0 Å². The molecule has 1 aromatic carbocycles. The molecule has 0 aliphatic heterocycles. The van der Waals surface area contributed by atoms with Crippen LogP contribution < -0.4 is 15.0 Å². The van der Waals surface area contributed by atoms with Crippen LogP contribution in [0.2, 0.25) is 0 Å². The zero-order valence-electron chi connectivity index (χ0n) is 17.8. The molecule has 0 unspecified atom stereocenters. The van der Waals surface area contributed by atoms with E-state index in [1.54, 1.807) is 13.2 Å². The van der Waals surface area contributed by atoms with Gasteiger partial charge < -0.3 is 19.9 Å². The number of amides is 1. The van der Waals surface area contributed by atoms with Crippen LogP contribution in [-0.2, 0) is 0 Å². The molecule has 0 aliphatic rings. The normalized spacial score (nSPS) is 10.9. The van der Waals surface area contributed by atoms with Gasteiger partial charge >= 0.3 is 0 Å². The van der Waals surface area contributed by atoms with Gasteiger partial charge in [0.25, 0.3) is 5.91 Å². The molecular formula is C22H29N5O2. The highest BCUT2D eigenvalue weighted by Gasteiger charge is 2.17. The predicted octanol–water partition coefficient (Wildman–Crippen LogP) is 4.46. The summed E-state index contributed by atoms with van der Waals surface area (Å²) in [7, 11) is 1.54. The first-order valence-corrected chi connectivity index (χ1v) is 10.0. The molecule has 7 heteroatoms. The first kappa shape index (κ1) is 20.6. The summed E-state index contributed by atoms with van der Waals surface area (Å²) in [5.74, 6) is 0.611. The maximum absolute atomic E-state index is 12.9. The summed E-state index contributed by atoms with van der Waals surface area (Å²) in [5.41, 5.74) is 4.37. The summed E-state index contributed by atoms with van der Waals surface area (Å²) in [6, 6.07) is 7.40. The average Bonchev–Trinajstić information content (AvgIpc) is 3.01. The van der Waals surface area contributed by atoms with E-state index in [2.05, 4.69) is 45.9 Å². The molecule has 0 atom stereocenters. The van der Waals surface area contributed by atoms with Crippen molar-refractivity contribution >= 4 is 28.4 Å². The zero-order valence-corrected chi connectivity index (χ0v) is 17.8. The fraction of sp³-hybridized carbons (Fsp3) is 0.409. The second-order valence-corrected chi connectivity index (χ2v) is 7.17. The molecule has 2 N–H and O–H groups in total. The van der Waals surface area contributed by atoms with Gasteiger partial charge in [-0.15, -0.1) is 0 Å². The summed E-state index contributed by atoms with van der Waals surface area (Å²) < 4.78 is 5.32. The highest BCUT2D eigenvalue weighted by Crippen LogP contribution is 2.25. The third kappa shape index (κ3) is 4.50. The lowest BCUT2D eigenvalue weighted by molar-refractivity contribution is 0.102. The maximum atomic E-state index is 12.9. The number of rotatable bonds is 8. The van der Waals surface area contributed by atoms with E-state index < -0.39 is 0 Å². The molecule has 3 aromatic rings. The Morgan fingerprint density at radius 1 is 1.14 bits per heavy atom. The maximum Gasteiger partial charge on any atom is 0.274 e. The molecule has 154 valence electrons. The minimum atomic E-state index is -0.288. The molecule has 0 spiro atoms. The number of carbonyl (C=O) groups excluding carboxylic acids is 1. The van der Waals surface area contributed by atoms with Crippen molar-refractivity contribution in [1.82, 2.24) is 15.0 Å². The Morgan fingerprint density at radius 2 is 1.86 bits per heavy atom. The Bertz CT molecular complexity index is 1010. The third-order valence-electron chi connectivity index (χ3n) is 4.97. The number of aromatic nitrogens is 3.